The van der Waals surface area contributed by atoms with Crippen LogP contribution in [-0.2, 0) is 17.6 Å². The molecule has 1 aromatic carbocycles. The fourth-order valence-corrected chi connectivity index (χ4v) is 3.13. The molecule has 6 nitrogen and oxygen atoms in total. The Morgan fingerprint density at radius 3 is 3.00 bits per heavy atom. The summed E-state index contributed by atoms with van der Waals surface area (Å²) in [4.78, 5) is 16.7. The third kappa shape index (κ3) is 3.13. The Balaban J connectivity index is 1.26. The molecule has 126 valence electrons. The third-order valence-corrected chi connectivity index (χ3v) is 4.84. The number of carbonyl (C=O) groups excluding carboxylic acids is 1. The molecule has 2 aromatic rings. The topological polar surface area (TPSA) is 77.3 Å². The summed E-state index contributed by atoms with van der Waals surface area (Å²) in [5.74, 6) is 2.63. The van der Waals surface area contributed by atoms with Crippen molar-refractivity contribution < 1.29 is 14.1 Å². The van der Waals surface area contributed by atoms with E-state index in [0.29, 0.717) is 31.3 Å². The summed E-state index contributed by atoms with van der Waals surface area (Å²) in [5.41, 5.74) is 1.09. The van der Waals surface area contributed by atoms with Crippen molar-refractivity contribution in [3.05, 3.63) is 41.5 Å². The van der Waals surface area contributed by atoms with E-state index in [1.807, 2.05) is 24.3 Å². The van der Waals surface area contributed by atoms with Crippen molar-refractivity contribution in [3.8, 4) is 5.75 Å². The van der Waals surface area contributed by atoms with E-state index >= 15 is 0 Å². The zero-order chi connectivity index (χ0) is 16.4. The average molecular weight is 327 g/mol. The summed E-state index contributed by atoms with van der Waals surface area (Å²) >= 11 is 0. The molecule has 0 radical (unpaired) electrons. The van der Waals surface area contributed by atoms with Gasteiger partial charge in [0.1, 0.15) is 12.4 Å². The number of nitrogens with one attached hydrogen (secondary N) is 1. The lowest BCUT2D eigenvalue weighted by Crippen LogP contribution is -2.38. The maximum absolute atomic E-state index is 12.3. The van der Waals surface area contributed by atoms with Crippen LogP contribution in [0.5, 0.6) is 5.75 Å². The van der Waals surface area contributed by atoms with Crippen LogP contribution < -0.4 is 10.1 Å². The maximum atomic E-state index is 12.3. The van der Waals surface area contributed by atoms with Gasteiger partial charge in [-0.3, -0.25) is 4.79 Å². The summed E-state index contributed by atoms with van der Waals surface area (Å²) in [6.07, 6.45) is 4.83. The van der Waals surface area contributed by atoms with Gasteiger partial charge in [-0.15, -0.1) is 0 Å². The first kappa shape index (κ1) is 15.2. The van der Waals surface area contributed by atoms with E-state index in [9.17, 15) is 4.79 Å². The van der Waals surface area contributed by atoms with Crippen LogP contribution in [0.1, 0.15) is 42.5 Å². The van der Waals surface area contributed by atoms with Crippen molar-refractivity contribution in [2.45, 2.75) is 38.0 Å². The van der Waals surface area contributed by atoms with Crippen LogP contribution in [-0.4, -0.2) is 29.2 Å². The first-order chi connectivity index (χ1) is 11.8. The van der Waals surface area contributed by atoms with Gasteiger partial charge in [-0.2, -0.15) is 4.98 Å². The van der Waals surface area contributed by atoms with Crippen LogP contribution in [0, 0.1) is 5.92 Å². The minimum Gasteiger partial charge on any atom is -0.492 e. The second kappa shape index (κ2) is 6.63. The lowest BCUT2D eigenvalue weighted by Gasteiger charge is -2.24. The van der Waals surface area contributed by atoms with Gasteiger partial charge in [0.05, 0.1) is 5.92 Å². The maximum Gasteiger partial charge on any atom is 0.229 e. The van der Waals surface area contributed by atoms with Gasteiger partial charge < -0.3 is 14.6 Å². The number of amides is 1. The molecule has 6 heteroatoms. The van der Waals surface area contributed by atoms with E-state index in [-0.39, 0.29) is 11.8 Å². The molecule has 1 fully saturated rings. The van der Waals surface area contributed by atoms with Crippen molar-refractivity contribution in [2.75, 3.05) is 13.2 Å². The van der Waals surface area contributed by atoms with Crippen LogP contribution in [0.4, 0.5) is 0 Å². The van der Waals surface area contributed by atoms with Crippen LogP contribution >= 0.6 is 0 Å². The number of benzene rings is 1. The first-order valence-electron chi connectivity index (χ1n) is 8.60. The number of para-hydroxylation sites is 1. The summed E-state index contributed by atoms with van der Waals surface area (Å²) < 4.78 is 11.0. The molecular formula is C18H21N3O3. The Morgan fingerprint density at radius 1 is 1.29 bits per heavy atom. The van der Waals surface area contributed by atoms with Crippen LogP contribution in [0.25, 0.3) is 0 Å². The molecule has 1 N–H and O–H groups in total. The molecule has 0 spiro atoms. The van der Waals surface area contributed by atoms with Crippen molar-refractivity contribution in [1.29, 1.82) is 0 Å². The number of carbonyl (C=O) groups is 1. The van der Waals surface area contributed by atoms with E-state index < -0.39 is 0 Å². The Labute approximate surface area is 140 Å². The number of hydrogen-bond acceptors (Lipinski definition) is 5. The molecule has 2 aliphatic rings. The zero-order valence-electron chi connectivity index (χ0n) is 13.5. The molecule has 1 atom stereocenters. The molecule has 24 heavy (non-hydrogen) atoms. The molecular weight excluding hydrogens is 306 g/mol. The molecule has 0 bridgehead atoms. The molecule has 4 rings (SSSR count). The Kier molecular flexibility index (Phi) is 4.19. The number of fused-ring (bicyclic) bond motifs is 1. The first-order valence-corrected chi connectivity index (χ1v) is 8.60. The minimum atomic E-state index is -0.143. The highest BCUT2D eigenvalue weighted by molar-refractivity contribution is 5.79. The molecule has 1 aliphatic carbocycles. The number of aromatic nitrogens is 2. The van der Waals surface area contributed by atoms with Crippen LogP contribution in [0.15, 0.2) is 28.8 Å². The van der Waals surface area contributed by atoms with Gasteiger partial charge >= 0.3 is 0 Å². The van der Waals surface area contributed by atoms with E-state index in [2.05, 4.69) is 15.5 Å². The van der Waals surface area contributed by atoms with E-state index in [4.69, 9.17) is 9.26 Å². The van der Waals surface area contributed by atoms with Crippen LogP contribution in [0.2, 0.25) is 0 Å². The highest BCUT2D eigenvalue weighted by atomic mass is 16.5. The van der Waals surface area contributed by atoms with Gasteiger partial charge in [0, 0.05) is 18.9 Å². The average Bonchev–Trinajstić information content (AvgIpc) is 3.01. The van der Waals surface area contributed by atoms with Gasteiger partial charge in [0.15, 0.2) is 5.82 Å². The molecule has 2 heterocycles. The van der Waals surface area contributed by atoms with Gasteiger partial charge in [-0.1, -0.05) is 29.8 Å². The second-order valence-electron chi connectivity index (χ2n) is 6.54. The normalized spacial score (nSPS) is 19.9. The van der Waals surface area contributed by atoms with Gasteiger partial charge in [0.25, 0.3) is 0 Å². The van der Waals surface area contributed by atoms with E-state index in [1.54, 1.807) is 0 Å². The van der Waals surface area contributed by atoms with Gasteiger partial charge in [0.2, 0.25) is 11.8 Å². The number of ether oxygens (including phenoxy) is 1. The standard InChI is InChI=1S/C18H21N3O3/c22-17(14-10-13-4-1-2-7-15(13)23-11-14)19-9-8-16-20-18(24-21-16)12-5-3-6-12/h1-2,4,7,12,14H,3,5-6,8-11H2,(H,19,22)/t14-/m0/s1. The van der Waals surface area contributed by atoms with Gasteiger partial charge in [-0.25, -0.2) is 0 Å². The zero-order valence-corrected chi connectivity index (χ0v) is 13.5. The van der Waals surface area contributed by atoms with Crippen molar-refractivity contribution in [1.82, 2.24) is 15.5 Å². The monoisotopic (exact) mass is 327 g/mol. The Hall–Kier alpha value is -2.37. The predicted molar refractivity (Wildman–Crippen MR) is 86.7 cm³/mol. The Bertz CT molecular complexity index is 724. The SMILES string of the molecule is O=C(NCCc1noc(C2CCC2)n1)[C@@H]1COc2ccccc2C1. The molecule has 0 unspecified atom stereocenters. The predicted octanol–water partition coefficient (Wildman–Crippen LogP) is 2.25. The number of hydrogen-bond donors (Lipinski definition) is 1. The molecule has 1 aromatic heterocycles. The summed E-state index contributed by atoms with van der Waals surface area (Å²) in [6.45, 7) is 0.942. The molecule has 1 amide bonds. The third-order valence-electron chi connectivity index (χ3n) is 4.84. The van der Waals surface area contributed by atoms with Crippen molar-refractivity contribution >= 4 is 5.91 Å². The highest BCUT2D eigenvalue weighted by Crippen LogP contribution is 2.35. The summed E-state index contributed by atoms with van der Waals surface area (Å²) in [5, 5.41) is 6.95. The molecule has 1 saturated carbocycles. The smallest absolute Gasteiger partial charge is 0.229 e. The van der Waals surface area contributed by atoms with E-state index in [1.165, 1.54) is 6.42 Å². The fourth-order valence-electron chi connectivity index (χ4n) is 3.13. The Morgan fingerprint density at radius 2 is 2.17 bits per heavy atom. The molecule has 1 aliphatic heterocycles. The summed E-state index contributed by atoms with van der Waals surface area (Å²) in [6, 6.07) is 7.87. The number of rotatable bonds is 5. The lowest BCUT2D eigenvalue weighted by molar-refractivity contribution is -0.126. The van der Waals surface area contributed by atoms with Crippen molar-refractivity contribution in [2.24, 2.45) is 5.92 Å². The highest BCUT2D eigenvalue weighted by Gasteiger charge is 2.26. The van der Waals surface area contributed by atoms with Crippen LogP contribution in [0.3, 0.4) is 0 Å². The second-order valence-corrected chi connectivity index (χ2v) is 6.54. The van der Waals surface area contributed by atoms with Gasteiger partial charge in [-0.05, 0) is 30.9 Å². The fraction of sp³-hybridized carbons (Fsp3) is 0.500. The number of nitrogens with zero attached hydrogens (tertiary/aromatic N) is 2. The lowest BCUT2D eigenvalue weighted by atomic mass is 9.85. The van der Waals surface area contributed by atoms with Crippen molar-refractivity contribution in [3.63, 3.8) is 0 Å². The molecule has 0 saturated heterocycles. The largest absolute Gasteiger partial charge is 0.492 e. The summed E-state index contributed by atoms with van der Waals surface area (Å²) in [7, 11) is 0. The quantitative estimate of drug-likeness (QED) is 0.911. The minimum absolute atomic E-state index is 0.0206. The van der Waals surface area contributed by atoms with E-state index in [0.717, 1.165) is 36.5 Å².